The summed E-state index contributed by atoms with van der Waals surface area (Å²) in [6.45, 7) is 1.54. The van der Waals surface area contributed by atoms with Crippen molar-refractivity contribution < 1.29 is 5.11 Å². The summed E-state index contributed by atoms with van der Waals surface area (Å²) in [4.78, 5) is 20.5. The minimum absolute atomic E-state index is 0.158. The Morgan fingerprint density at radius 2 is 2.32 bits per heavy atom. The molecule has 5 nitrogen and oxygen atoms in total. The van der Waals surface area contributed by atoms with E-state index in [1.165, 1.54) is 12.7 Å². The topological polar surface area (TPSA) is 69.2 Å². The zero-order chi connectivity index (χ0) is 13.5. The highest BCUT2D eigenvalue weighted by Gasteiger charge is 2.43. The molecule has 6 heteroatoms. The van der Waals surface area contributed by atoms with Gasteiger partial charge in [0.2, 0.25) is 0 Å². The van der Waals surface area contributed by atoms with Gasteiger partial charge in [0.25, 0.3) is 5.56 Å². The van der Waals surface area contributed by atoms with E-state index in [4.69, 9.17) is 0 Å². The highest BCUT2D eigenvalue weighted by molar-refractivity contribution is 9.10. The van der Waals surface area contributed by atoms with Crippen molar-refractivity contribution >= 4 is 21.7 Å². The number of piperidine rings is 1. The number of halogens is 1. The summed E-state index contributed by atoms with van der Waals surface area (Å²) in [5.74, 6) is 0.986. The molecule has 0 amide bonds. The average molecular weight is 328 g/mol. The number of H-pyrrole nitrogens is 1. The first-order valence-corrected chi connectivity index (χ1v) is 7.60. The molecule has 3 rings (SSSR count). The lowest BCUT2D eigenvalue weighted by Crippen LogP contribution is -2.53. The van der Waals surface area contributed by atoms with E-state index in [0.717, 1.165) is 38.8 Å². The van der Waals surface area contributed by atoms with Crippen molar-refractivity contribution in [2.45, 2.75) is 37.7 Å². The third-order valence-corrected chi connectivity index (χ3v) is 5.22. The van der Waals surface area contributed by atoms with Crippen molar-refractivity contribution in [3.05, 3.63) is 21.2 Å². The fourth-order valence-corrected chi connectivity index (χ4v) is 3.82. The van der Waals surface area contributed by atoms with E-state index in [1.807, 2.05) is 0 Å². The van der Waals surface area contributed by atoms with E-state index in [1.54, 1.807) is 0 Å². The second-order valence-corrected chi connectivity index (χ2v) is 6.40. The van der Waals surface area contributed by atoms with Crippen LogP contribution in [0.15, 0.2) is 15.6 Å². The molecule has 1 aromatic heterocycles. The highest BCUT2D eigenvalue weighted by Crippen LogP contribution is 2.41. The summed E-state index contributed by atoms with van der Waals surface area (Å²) in [6.07, 6.45) is 6.48. The van der Waals surface area contributed by atoms with Crippen LogP contribution in [0.25, 0.3) is 0 Å². The third-order valence-electron chi connectivity index (χ3n) is 4.51. The number of aromatic amines is 1. The van der Waals surface area contributed by atoms with Crippen molar-refractivity contribution in [2.24, 2.45) is 5.92 Å². The van der Waals surface area contributed by atoms with Gasteiger partial charge in [-0.05, 0) is 35.2 Å². The van der Waals surface area contributed by atoms with E-state index in [2.05, 4.69) is 30.8 Å². The fraction of sp³-hybridized carbons (Fsp3) is 0.692. The first-order valence-electron chi connectivity index (χ1n) is 6.81. The molecular formula is C13H18BrN3O2. The lowest BCUT2D eigenvalue weighted by atomic mass is 9.71. The summed E-state index contributed by atoms with van der Waals surface area (Å²) >= 11 is 3.31. The van der Waals surface area contributed by atoms with Crippen molar-refractivity contribution in [3.63, 3.8) is 0 Å². The average Bonchev–Trinajstić information content (AvgIpc) is 2.41. The van der Waals surface area contributed by atoms with E-state index >= 15 is 0 Å². The Hall–Kier alpha value is -0.880. The molecule has 0 spiro atoms. The normalized spacial score (nSPS) is 31.1. The molecule has 1 aromatic rings. The van der Waals surface area contributed by atoms with Gasteiger partial charge in [-0.1, -0.05) is 12.8 Å². The molecule has 1 aliphatic carbocycles. The molecule has 2 fully saturated rings. The predicted molar refractivity (Wildman–Crippen MR) is 76.3 cm³/mol. The van der Waals surface area contributed by atoms with Crippen LogP contribution < -0.4 is 10.5 Å². The van der Waals surface area contributed by atoms with E-state index < -0.39 is 5.60 Å². The zero-order valence-electron chi connectivity index (χ0n) is 10.7. The Kier molecular flexibility index (Phi) is 3.39. The second-order valence-electron chi connectivity index (χ2n) is 5.61. The van der Waals surface area contributed by atoms with Gasteiger partial charge in [-0.25, -0.2) is 4.98 Å². The maximum absolute atomic E-state index is 11.6. The number of rotatable bonds is 1. The summed E-state index contributed by atoms with van der Waals surface area (Å²) < 4.78 is 0.483. The van der Waals surface area contributed by atoms with Gasteiger partial charge in [0.15, 0.2) is 0 Å². The number of hydrogen-bond donors (Lipinski definition) is 2. The van der Waals surface area contributed by atoms with Crippen LogP contribution in [0.1, 0.15) is 32.1 Å². The Morgan fingerprint density at radius 3 is 3.16 bits per heavy atom. The van der Waals surface area contributed by atoms with E-state index in [-0.39, 0.29) is 5.56 Å². The van der Waals surface area contributed by atoms with Crippen molar-refractivity contribution in [1.29, 1.82) is 0 Å². The number of nitrogens with zero attached hydrogens (tertiary/aromatic N) is 2. The first kappa shape index (κ1) is 13.1. The van der Waals surface area contributed by atoms with Gasteiger partial charge in [-0.3, -0.25) is 4.79 Å². The van der Waals surface area contributed by atoms with Gasteiger partial charge < -0.3 is 15.0 Å². The number of nitrogens with one attached hydrogen (secondary N) is 1. The molecular weight excluding hydrogens is 310 g/mol. The van der Waals surface area contributed by atoms with Crippen LogP contribution in [0.4, 0.5) is 5.82 Å². The second kappa shape index (κ2) is 4.90. The van der Waals surface area contributed by atoms with Gasteiger partial charge in [-0.2, -0.15) is 0 Å². The lowest BCUT2D eigenvalue weighted by molar-refractivity contribution is -0.0613. The Bertz CT molecular complexity index is 533. The van der Waals surface area contributed by atoms with E-state index in [9.17, 15) is 9.90 Å². The Morgan fingerprint density at radius 1 is 1.47 bits per heavy atom. The molecule has 2 aliphatic rings. The fourth-order valence-electron chi connectivity index (χ4n) is 3.36. The quantitative estimate of drug-likeness (QED) is 0.823. The standard InChI is InChI=1S/C13H18BrN3O2/c14-10-11(15-8-16-12(10)18)17-6-5-13(19)4-2-1-3-9(13)7-17/h8-9,19H,1-7H2,(H,15,16,18). The number of aromatic nitrogens is 2. The van der Waals surface area contributed by atoms with E-state index in [0.29, 0.717) is 16.2 Å². The van der Waals surface area contributed by atoms with Gasteiger partial charge in [0.1, 0.15) is 10.3 Å². The SMILES string of the molecule is O=c1[nH]cnc(N2CCC3(O)CCCCC3C2)c1Br. The number of aliphatic hydroxyl groups is 1. The molecule has 1 saturated heterocycles. The molecule has 2 N–H and O–H groups in total. The maximum atomic E-state index is 11.6. The minimum Gasteiger partial charge on any atom is -0.389 e. The van der Waals surface area contributed by atoms with Crippen LogP contribution in [0.2, 0.25) is 0 Å². The Labute approximate surface area is 120 Å². The molecule has 0 bridgehead atoms. The van der Waals surface area contributed by atoms with Gasteiger partial charge in [0, 0.05) is 19.0 Å². The largest absolute Gasteiger partial charge is 0.389 e. The van der Waals surface area contributed by atoms with Crippen LogP contribution in [0.3, 0.4) is 0 Å². The third kappa shape index (κ3) is 2.31. The summed E-state index contributed by atoms with van der Waals surface area (Å²) in [7, 11) is 0. The number of hydrogen-bond acceptors (Lipinski definition) is 4. The summed E-state index contributed by atoms with van der Waals surface area (Å²) in [5, 5.41) is 10.7. The van der Waals surface area contributed by atoms with Gasteiger partial charge >= 0.3 is 0 Å². The van der Waals surface area contributed by atoms with Crippen molar-refractivity contribution in [1.82, 2.24) is 9.97 Å². The maximum Gasteiger partial charge on any atom is 0.267 e. The zero-order valence-corrected chi connectivity index (χ0v) is 12.3. The monoisotopic (exact) mass is 327 g/mol. The number of anilines is 1. The van der Waals surface area contributed by atoms with Crippen molar-refractivity contribution in [3.8, 4) is 0 Å². The smallest absolute Gasteiger partial charge is 0.267 e. The van der Waals surface area contributed by atoms with Gasteiger partial charge in [0.05, 0.1) is 11.9 Å². The van der Waals surface area contributed by atoms with Crippen LogP contribution >= 0.6 is 15.9 Å². The highest BCUT2D eigenvalue weighted by atomic mass is 79.9. The molecule has 0 aromatic carbocycles. The van der Waals surface area contributed by atoms with Crippen LogP contribution in [0, 0.1) is 5.92 Å². The number of fused-ring (bicyclic) bond motifs is 1. The van der Waals surface area contributed by atoms with Gasteiger partial charge in [-0.15, -0.1) is 0 Å². The van der Waals surface area contributed by atoms with Crippen molar-refractivity contribution in [2.75, 3.05) is 18.0 Å². The predicted octanol–water partition coefficient (Wildman–Crippen LogP) is 1.66. The first-order chi connectivity index (χ1) is 9.10. The molecule has 2 heterocycles. The molecule has 2 unspecified atom stereocenters. The van der Waals surface area contributed by atoms with Crippen LogP contribution in [0.5, 0.6) is 0 Å². The molecule has 2 atom stereocenters. The van der Waals surface area contributed by atoms with Crippen LogP contribution in [-0.4, -0.2) is 33.8 Å². The molecule has 0 radical (unpaired) electrons. The molecule has 104 valence electrons. The molecule has 19 heavy (non-hydrogen) atoms. The molecule has 1 saturated carbocycles. The summed E-state index contributed by atoms with van der Waals surface area (Å²) in [6, 6.07) is 0. The van der Waals surface area contributed by atoms with Crippen LogP contribution in [-0.2, 0) is 0 Å². The lowest BCUT2D eigenvalue weighted by Gasteiger charge is -2.47. The molecule has 1 aliphatic heterocycles. The minimum atomic E-state index is -0.498. The summed E-state index contributed by atoms with van der Waals surface area (Å²) in [5.41, 5.74) is -0.655. The Balaban J connectivity index is 1.85.